The summed E-state index contributed by atoms with van der Waals surface area (Å²) in [7, 11) is 1.30. The first-order valence-electron chi connectivity index (χ1n) is 7.86. The molecule has 1 aliphatic rings. The molecule has 2 N–H and O–H groups in total. The molecule has 25 heavy (non-hydrogen) atoms. The summed E-state index contributed by atoms with van der Waals surface area (Å²) in [6.07, 6.45) is -1.74. The zero-order valence-electron chi connectivity index (χ0n) is 14.4. The molecule has 0 saturated carbocycles. The largest absolute Gasteiger partial charge is 0.465 e. The Morgan fingerprint density at radius 2 is 1.88 bits per heavy atom. The van der Waals surface area contributed by atoms with Gasteiger partial charge in [-0.2, -0.15) is 5.10 Å². The van der Waals surface area contributed by atoms with E-state index in [1.165, 1.54) is 16.9 Å². The van der Waals surface area contributed by atoms with Gasteiger partial charge in [0.25, 0.3) is 0 Å². The van der Waals surface area contributed by atoms with E-state index in [9.17, 15) is 19.5 Å². The van der Waals surface area contributed by atoms with Crippen LogP contribution >= 0.6 is 0 Å². The third-order valence-corrected chi connectivity index (χ3v) is 4.44. The Morgan fingerprint density at radius 3 is 2.44 bits per heavy atom. The van der Waals surface area contributed by atoms with Gasteiger partial charge in [-0.1, -0.05) is 0 Å². The summed E-state index contributed by atoms with van der Waals surface area (Å²) in [6.45, 7) is 4.22. The van der Waals surface area contributed by atoms with Gasteiger partial charge in [-0.15, -0.1) is 0 Å². The quantitative estimate of drug-likeness (QED) is 0.773. The highest BCUT2D eigenvalue weighted by Crippen LogP contribution is 2.18. The average Bonchev–Trinajstić information content (AvgIpc) is 2.85. The van der Waals surface area contributed by atoms with Crippen molar-refractivity contribution >= 4 is 18.2 Å². The van der Waals surface area contributed by atoms with Gasteiger partial charge in [0.2, 0.25) is 0 Å². The van der Waals surface area contributed by atoms with Crippen LogP contribution in [0.4, 0.5) is 9.59 Å². The number of hydrogen-bond acceptors (Lipinski definition) is 5. The predicted octanol–water partition coefficient (Wildman–Crippen LogP) is 1.02. The lowest BCUT2D eigenvalue weighted by Gasteiger charge is -2.38. The maximum absolute atomic E-state index is 11.8. The molecular formula is C15H22N4O6. The highest BCUT2D eigenvalue weighted by Gasteiger charge is 2.32. The molecule has 0 radical (unpaired) electrons. The lowest BCUT2D eigenvalue weighted by molar-refractivity contribution is 0.0591. The average molecular weight is 354 g/mol. The molecule has 0 aromatic carbocycles. The van der Waals surface area contributed by atoms with Gasteiger partial charge in [-0.05, 0) is 20.3 Å². The summed E-state index contributed by atoms with van der Waals surface area (Å²) in [5, 5.41) is 22.8. The van der Waals surface area contributed by atoms with Crippen LogP contribution in [0.15, 0.2) is 0 Å². The van der Waals surface area contributed by atoms with Crippen molar-refractivity contribution in [2.45, 2.75) is 32.9 Å². The molecule has 10 nitrogen and oxygen atoms in total. The molecule has 1 aromatic rings. The van der Waals surface area contributed by atoms with Gasteiger partial charge in [-0.25, -0.2) is 14.4 Å². The number of aromatic nitrogens is 2. The molecule has 1 aliphatic heterocycles. The second-order valence-electron chi connectivity index (χ2n) is 5.91. The van der Waals surface area contributed by atoms with Crippen LogP contribution in [0.1, 0.15) is 28.2 Å². The van der Waals surface area contributed by atoms with Crippen LogP contribution in [-0.4, -0.2) is 80.7 Å². The second-order valence-corrected chi connectivity index (χ2v) is 5.91. The van der Waals surface area contributed by atoms with Crippen LogP contribution in [-0.2, 0) is 11.3 Å². The number of methoxy groups -OCH3 is 1. The normalized spacial score (nSPS) is 17.5. The Morgan fingerprint density at radius 1 is 1.20 bits per heavy atom. The highest BCUT2D eigenvalue weighted by molar-refractivity contribution is 5.91. The zero-order valence-corrected chi connectivity index (χ0v) is 14.4. The van der Waals surface area contributed by atoms with E-state index in [0.717, 1.165) is 0 Å². The number of hydrogen-bond donors (Lipinski definition) is 2. The van der Waals surface area contributed by atoms with Crippen molar-refractivity contribution in [2.24, 2.45) is 0 Å². The fraction of sp³-hybridized carbons (Fsp3) is 0.600. The third-order valence-electron chi connectivity index (χ3n) is 4.44. The van der Waals surface area contributed by atoms with E-state index in [2.05, 4.69) is 5.10 Å². The molecule has 0 aliphatic carbocycles. The van der Waals surface area contributed by atoms with E-state index < -0.39 is 24.2 Å². The standard InChI is InChI=1S/C15H22N4O6/c1-9-12(13(20)25-3)10(2)19(16-9)5-4-11-8-17(14(21)22)6-7-18(11)15(23)24/h11H,4-8H2,1-3H3,(H,21,22)(H,23,24)/t11-/m1/s1. The number of esters is 1. The molecular weight excluding hydrogens is 332 g/mol. The fourth-order valence-corrected chi connectivity index (χ4v) is 3.11. The molecule has 0 spiro atoms. The van der Waals surface area contributed by atoms with E-state index in [1.807, 2.05) is 0 Å². The first-order chi connectivity index (χ1) is 11.8. The van der Waals surface area contributed by atoms with Crippen molar-refractivity contribution in [1.29, 1.82) is 0 Å². The van der Waals surface area contributed by atoms with E-state index in [-0.39, 0.29) is 19.6 Å². The van der Waals surface area contributed by atoms with Crippen molar-refractivity contribution in [3.05, 3.63) is 17.0 Å². The number of amides is 2. The molecule has 1 saturated heterocycles. The minimum absolute atomic E-state index is 0.116. The Labute approximate surface area is 144 Å². The van der Waals surface area contributed by atoms with E-state index in [4.69, 9.17) is 9.84 Å². The van der Waals surface area contributed by atoms with Crippen LogP contribution in [0.3, 0.4) is 0 Å². The fourth-order valence-electron chi connectivity index (χ4n) is 3.11. The van der Waals surface area contributed by atoms with Crippen molar-refractivity contribution in [1.82, 2.24) is 19.6 Å². The number of ether oxygens (including phenoxy) is 1. The van der Waals surface area contributed by atoms with Crippen LogP contribution in [0.25, 0.3) is 0 Å². The molecule has 0 bridgehead atoms. The monoisotopic (exact) mass is 354 g/mol. The maximum atomic E-state index is 11.8. The summed E-state index contributed by atoms with van der Waals surface area (Å²) in [5.74, 6) is -0.469. The Hall–Kier alpha value is -2.78. The SMILES string of the molecule is COC(=O)c1c(C)nn(CC[C@@H]2CN(C(=O)O)CCN2C(=O)O)c1C. The first kappa shape index (κ1) is 18.6. The minimum Gasteiger partial charge on any atom is -0.465 e. The van der Waals surface area contributed by atoms with Crippen LogP contribution in [0, 0.1) is 13.8 Å². The van der Waals surface area contributed by atoms with E-state index >= 15 is 0 Å². The predicted molar refractivity (Wildman–Crippen MR) is 85.8 cm³/mol. The van der Waals surface area contributed by atoms with Crippen LogP contribution in [0.2, 0.25) is 0 Å². The topological polar surface area (TPSA) is 125 Å². The second kappa shape index (κ2) is 7.41. The Balaban J connectivity index is 2.13. The molecule has 1 fully saturated rings. The van der Waals surface area contributed by atoms with Gasteiger partial charge in [-0.3, -0.25) is 4.68 Å². The van der Waals surface area contributed by atoms with Crippen molar-refractivity contribution in [2.75, 3.05) is 26.7 Å². The number of nitrogens with zero attached hydrogens (tertiary/aromatic N) is 4. The van der Waals surface area contributed by atoms with Gasteiger partial charge < -0.3 is 24.7 Å². The highest BCUT2D eigenvalue weighted by atomic mass is 16.5. The first-order valence-corrected chi connectivity index (χ1v) is 7.86. The van der Waals surface area contributed by atoms with Gasteiger partial charge in [0.15, 0.2) is 0 Å². The van der Waals surface area contributed by atoms with Gasteiger partial charge in [0.1, 0.15) is 5.56 Å². The minimum atomic E-state index is -1.07. The lowest BCUT2D eigenvalue weighted by Crippen LogP contribution is -2.56. The summed E-state index contributed by atoms with van der Waals surface area (Å²) in [6, 6.07) is -0.465. The lowest BCUT2D eigenvalue weighted by atomic mass is 10.1. The molecule has 138 valence electrons. The van der Waals surface area contributed by atoms with Crippen LogP contribution < -0.4 is 0 Å². The van der Waals surface area contributed by atoms with Gasteiger partial charge in [0.05, 0.1) is 24.5 Å². The molecule has 1 aromatic heterocycles. The number of carbonyl (C=O) groups excluding carboxylic acids is 1. The van der Waals surface area contributed by atoms with Crippen LogP contribution in [0.5, 0.6) is 0 Å². The maximum Gasteiger partial charge on any atom is 0.407 e. The van der Waals surface area contributed by atoms with Crippen molar-refractivity contribution in [3.8, 4) is 0 Å². The van der Waals surface area contributed by atoms with E-state index in [0.29, 0.717) is 29.9 Å². The molecule has 2 amide bonds. The number of aryl methyl sites for hydroxylation is 2. The number of carbonyl (C=O) groups is 3. The smallest absolute Gasteiger partial charge is 0.407 e. The van der Waals surface area contributed by atoms with Gasteiger partial charge >= 0.3 is 18.2 Å². The number of piperazine rings is 1. The molecule has 0 unspecified atom stereocenters. The summed E-state index contributed by atoms with van der Waals surface area (Å²) in [4.78, 5) is 36.8. The summed E-state index contributed by atoms with van der Waals surface area (Å²) in [5.41, 5.74) is 1.57. The van der Waals surface area contributed by atoms with Crippen molar-refractivity contribution in [3.63, 3.8) is 0 Å². The van der Waals surface area contributed by atoms with E-state index in [1.54, 1.807) is 18.5 Å². The number of carboxylic acid groups (broad SMARTS) is 2. The summed E-state index contributed by atoms with van der Waals surface area (Å²) < 4.78 is 6.37. The Kier molecular flexibility index (Phi) is 5.50. The Bertz CT molecular complexity index is 686. The number of rotatable bonds is 4. The van der Waals surface area contributed by atoms with Gasteiger partial charge in [0, 0.05) is 26.2 Å². The third kappa shape index (κ3) is 3.83. The molecule has 2 rings (SSSR count). The van der Waals surface area contributed by atoms with Crippen molar-refractivity contribution < 1.29 is 29.3 Å². The zero-order chi connectivity index (χ0) is 18.7. The molecule has 10 heteroatoms. The summed E-state index contributed by atoms with van der Waals surface area (Å²) >= 11 is 0. The molecule has 2 heterocycles. The molecule has 1 atom stereocenters.